The maximum atomic E-state index is 5.76. The Labute approximate surface area is 138 Å². The van der Waals surface area contributed by atoms with Crippen LogP contribution in [0, 0.1) is 6.67 Å². The van der Waals surface area contributed by atoms with Gasteiger partial charge >= 0.3 is 0 Å². The van der Waals surface area contributed by atoms with E-state index in [0.29, 0.717) is 0 Å². The van der Waals surface area contributed by atoms with E-state index in [9.17, 15) is 0 Å². The van der Waals surface area contributed by atoms with E-state index in [2.05, 4.69) is 66.7 Å². The molecule has 0 amide bonds. The van der Waals surface area contributed by atoms with Crippen molar-refractivity contribution < 1.29 is 4.74 Å². The Hall–Kier alpha value is -2.42. The van der Waals surface area contributed by atoms with Crippen LogP contribution in [0.15, 0.2) is 72.1 Å². The summed E-state index contributed by atoms with van der Waals surface area (Å²) in [5.74, 6) is 0.929. The summed E-state index contributed by atoms with van der Waals surface area (Å²) < 4.78 is 5.76. The van der Waals surface area contributed by atoms with Gasteiger partial charge in [0.05, 0.1) is 13.2 Å². The highest BCUT2D eigenvalue weighted by molar-refractivity contribution is 5.62. The van der Waals surface area contributed by atoms with Crippen LogP contribution in [0.5, 0.6) is 0 Å². The van der Waals surface area contributed by atoms with Gasteiger partial charge in [0.25, 0.3) is 0 Å². The molecule has 1 radical (unpaired) electrons. The number of hydrogen-bond donors (Lipinski definition) is 0. The van der Waals surface area contributed by atoms with Crippen molar-refractivity contribution in [2.75, 3.05) is 16.9 Å². The minimum absolute atomic E-state index is 0.261. The van der Waals surface area contributed by atoms with Crippen LogP contribution in [-0.2, 0) is 4.74 Å². The van der Waals surface area contributed by atoms with Crippen molar-refractivity contribution >= 4 is 11.4 Å². The first kappa shape index (κ1) is 15.5. The van der Waals surface area contributed by atoms with Crippen LogP contribution in [-0.4, -0.2) is 13.2 Å². The highest BCUT2D eigenvalue weighted by Crippen LogP contribution is 2.36. The number of hydrogen-bond acceptors (Lipinski definition) is 3. The van der Waals surface area contributed by atoms with E-state index in [1.807, 2.05) is 24.3 Å². The lowest BCUT2D eigenvalue weighted by atomic mass is 10.0. The number of para-hydroxylation sites is 2. The Morgan fingerprint density at radius 2 is 1.48 bits per heavy atom. The zero-order valence-corrected chi connectivity index (χ0v) is 13.9. The van der Waals surface area contributed by atoms with Crippen LogP contribution in [0.2, 0.25) is 0 Å². The molecule has 119 valence electrons. The molecule has 23 heavy (non-hydrogen) atoms. The zero-order chi connectivity index (χ0) is 16.2. The first-order valence-corrected chi connectivity index (χ1v) is 8.06. The van der Waals surface area contributed by atoms with E-state index in [-0.39, 0.29) is 6.04 Å². The number of benzene rings is 2. The van der Waals surface area contributed by atoms with Crippen LogP contribution in [0.1, 0.15) is 20.3 Å². The van der Waals surface area contributed by atoms with Gasteiger partial charge in [0.2, 0.25) is 0 Å². The monoisotopic (exact) mass is 307 g/mol. The van der Waals surface area contributed by atoms with E-state index >= 15 is 0 Å². The third-order valence-electron chi connectivity index (χ3n) is 4.32. The van der Waals surface area contributed by atoms with Crippen molar-refractivity contribution in [2.24, 2.45) is 0 Å². The molecule has 3 nitrogen and oxygen atoms in total. The van der Waals surface area contributed by atoms with Crippen LogP contribution >= 0.6 is 0 Å². The van der Waals surface area contributed by atoms with Gasteiger partial charge in [-0.2, -0.15) is 0 Å². The molecule has 0 fully saturated rings. The van der Waals surface area contributed by atoms with Gasteiger partial charge in [-0.1, -0.05) is 43.3 Å². The summed E-state index contributed by atoms with van der Waals surface area (Å²) in [5, 5.41) is 0. The molecular formula is C20H23N2O. The second kappa shape index (κ2) is 6.78. The second-order valence-corrected chi connectivity index (χ2v) is 5.63. The summed E-state index contributed by atoms with van der Waals surface area (Å²) >= 11 is 0. The van der Waals surface area contributed by atoms with Gasteiger partial charge in [-0.25, -0.2) is 0 Å². The predicted octanol–water partition coefficient (Wildman–Crippen LogP) is 4.79. The molecule has 0 spiro atoms. The average Bonchev–Trinajstić information content (AvgIpc) is 2.62. The first-order chi connectivity index (χ1) is 11.3. The normalized spacial score (nSPS) is 18.3. The van der Waals surface area contributed by atoms with E-state index < -0.39 is 0 Å². The summed E-state index contributed by atoms with van der Waals surface area (Å²) in [4.78, 5) is 4.43. The Morgan fingerprint density at radius 3 is 2.00 bits per heavy atom. The maximum absolute atomic E-state index is 5.76. The van der Waals surface area contributed by atoms with Crippen LogP contribution < -0.4 is 9.80 Å². The highest BCUT2D eigenvalue weighted by Gasteiger charge is 2.32. The Kier molecular flexibility index (Phi) is 4.56. The quantitative estimate of drug-likeness (QED) is 0.808. The second-order valence-electron chi connectivity index (χ2n) is 5.63. The van der Waals surface area contributed by atoms with Crippen LogP contribution in [0.25, 0.3) is 0 Å². The predicted molar refractivity (Wildman–Crippen MR) is 95.9 cm³/mol. The Morgan fingerprint density at radius 1 is 0.913 bits per heavy atom. The number of ether oxygens (including phenoxy) is 1. The van der Waals surface area contributed by atoms with E-state index in [1.165, 1.54) is 11.3 Å². The van der Waals surface area contributed by atoms with Gasteiger partial charge in [0.15, 0.2) is 5.88 Å². The van der Waals surface area contributed by atoms with E-state index in [0.717, 1.165) is 18.0 Å². The van der Waals surface area contributed by atoms with Gasteiger partial charge in [0, 0.05) is 16.9 Å². The lowest BCUT2D eigenvalue weighted by Crippen LogP contribution is -2.45. The van der Waals surface area contributed by atoms with Gasteiger partial charge in [-0.3, -0.25) is 4.90 Å². The molecule has 0 saturated heterocycles. The van der Waals surface area contributed by atoms with Crippen molar-refractivity contribution in [3.05, 3.63) is 78.8 Å². The molecular weight excluding hydrogens is 284 g/mol. The molecule has 0 saturated carbocycles. The third-order valence-corrected chi connectivity index (χ3v) is 4.32. The fourth-order valence-corrected chi connectivity index (χ4v) is 3.12. The molecule has 0 aliphatic carbocycles. The molecule has 2 aromatic rings. The van der Waals surface area contributed by atoms with Crippen molar-refractivity contribution in [1.29, 1.82) is 0 Å². The third kappa shape index (κ3) is 2.91. The molecule has 0 bridgehead atoms. The molecule has 1 heterocycles. The fraction of sp³-hybridized carbons (Fsp3) is 0.250. The topological polar surface area (TPSA) is 15.7 Å². The van der Waals surface area contributed by atoms with Gasteiger partial charge < -0.3 is 9.64 Å². The maximum Gasteiger partial charge on any atom is 0.196 e. The highest BCUT2D eigenvalue weighted by atomic mass is 16.5. The largest absolute Gasteiger partial charge is 0.482 e. The fourth-order valence-electron chi connectivity index (χ4n) is 3.12. The SMILES string of the molecule is CCC1=C(OC)N(c2ccccc2)[CH]N(c2ccccc2)C1C. The summed E-state index contributed by atoms with van der Waals surface area (Å²) in [5.41, 5.74) is 3.58. The van der Waals surface area contributed by atoms with Gasteiger partial charge in [-0.15, -0.1) is 0 Å². The van der Waals surface area contributed by atoms with E-state index in [1.54, 1.807) is 7.11 Å². The Balaban J connectivity index is 2.06. The standard InChI is InChI=1S/C20H23N2O/c1-4-19-16(2)21(17-11-7-5-8-12-17)15-22(20(19)23-3)18-13-9-6-10-14-18/h5-16H,4H2,1-3H3. The molecule has 2 aromatic carbocycles. The summed E-state index contributed by atoms with van der Waals surface area (Å²) in [6.45, 7) is 6.54. The molecule has 1 aliphatic rings. The van der Waals surface area contributed by atoms with Crippen molar-refractivity contribution in [2.45, 2.75) is 26.3 Å². The van der Waals surface area contributed by atoms with E-state index in [4.69, 9.17) is 4.74 Å². The molecule has 1 atom stereocenters. The number of nitrogens with zero attached hydrogens (tertiary/aromatic N) is 2. The van der Waals surface area contributed by atoms with Crippen molar-refractivity contribution in [1.82, 2.24) is 0 Å². The van der Waals surface area contributed by atoms with Crippen LogP contribution in [0.4, 0.5) is 11.4 Å². The number of anilines is 2. The number of methoxy groups -OCH3 is 1. The van der Waals surface area contributed by atoms with Crippen molar-refractivity contribution in [3.8, 4) is 0 Å². The van der Waals surface area contributed by atoms with Gasteiger partial charge in [-0.05, 0) is 37.6 Å². The average molecular weight is 307 g/mol. The lowest BCUT2D eigenvalue weighted by Gasteiger charge is -2.43. The molecule has 1 unspecified atom stereocenters. The smallest absolute Gasteiger partial charge is 0.196 e. The minimum Gasteiger partial charge on any atom is -0.482 e. The molecule has 3 rings (SSSR count). The molecule has 3 heteroatoms. The molecule has 1 aliphatic heterocycles. The molecule has 0 aromatic heterocycles. The van der Waals surface area contributed by atoms with Gasteiger partial charge in [0.1, 0.15) is 6.67 Å². The molecule has 0 N–H and O–H groups in total. The lowest BCUT2D eigenvalue weighted by molar-refractivity contribution is 0.268. The zero-order valence-electron chi connectivity index (χ0n) is 13.9. The number of rotatable bonds is 4. The first-order valence-electron chi connectivity index (χ1n) is 8.06. The Bertz CT molecular complexity index is 667. The van der Waals surface area contributed by atoms with Crippen molar-refractivity contribution in [3.63, 3.8) is 0 Å². The van der Waals surface area contributed by atoms with Crippen LogP contribution in [0.3, 0.4) is 0 Å². The summed E-state index contributed by atoms with van der Waals surface area (Å²) in [7, 11) is 1.75. The summed E-state index contributed by atoms with van der Waals surface area (Å²) in [6.07, 6.45) is 0.949. The minimum atomic E-state index is 0.261. The summed E-state index contributed by atoms with van der Waals surface area (Å²) in [6, 6.07) is 21.1.